The zero-order chi connectivity index (χ0) is 34.2. The van der Waals surface area contributed by atoms with E-state index in [1.54, 1.807) is 0 Å². The molecule has 0 saturated carbocycles. The molecule has 0 spiro atoms. The Morgan fingerprint density at radius 2 is 1.02 bits per heavy atom. The molecule has 1 aliphatic carbocycles. The number of thiophene rings is 1. The molecule has 0 bridgehead atoms. The first-order valence-electron chi connectivity index (χ1n) is 17.9. The first-order chi connectivity index (χ1) is 25.8. The molecule has 1 aliphatic rings. The zero-order valence-electron chi connectivity index (χ0n) is 28.3. The number of benzene rings is 8. The predicted octanol–water partition coefficient (Wildman–Crippen LogP) is 13.5. The van der Waals surface area contributed by atoms with E-state index in [4.69, 9.17) is 4.98 Å². The molecule has 2 heteroatoms. The highest BCUT2D eigenvalue weighted by Crippen LogP contribution is 2.63. The Morgan fingerprint density at radius 1 is 0.423 bits per heavy atom. The van der Waals surface area contributed by atoms with Crippen molar-refractivity contribution in [1.29, 1.82) is 0 Å². The molecule has 1 nitrogen and oxygen atoms in total. The summed E-state index contributed by atoms with van der Waals surface area (Å²) in [4.78, 5) is 6.03. The van der Waals surface area contributed by atoms with Crippen molar-refractivity contribution in [3.8, 4) is 33.4 Å². The van der Waals surface area contributed by atoms with Crippen LogP contribution in [0.5, 0.6) is 0 Å². The van der Waals surface area contributed by atoms with Crippen molar-refractivity contribution < 1.29 is 0 Å². The normalized spacial score (nSPS) is 13.2. The molecular weight excluding hydrogens is 647 g/mol. The number of nitrogens with zero attached hydrogens (tertiary/aromatic N) is 1. The van der Waals surface area contributed by atoms with Gasteiger partial charge < -0.3 is 0 Å². The maximum Gasteiger partial charge on any atom is 0.124 e. The molecule has 0 atom stereocenters. The van der Waals surface area contributed by atoms with E-state index in [2.05, 4.69) is 182 Å². The van der Waals surface area contributed by atoms with Gasteiger partial charge in [-0.3, -0.25) is 0 Å². The lowest BCUT2D eigenvalue weighted by Gasteiger charge is -2.35. The average Bonchev–Trinajstić information content (AvgIpc) is 3.77. The van der Waals surface area contributed by atoms with Crippen LogP contribution in [0.1, 0.15) is 22.3 Å². The number of fused-ring (bicyclic) bond motifs is 12. The lowest BCUT2D eigenvalue weighted by atomic mass is 9.66. The molecule has 2 aromatic heterocycles. The minimum atomic E-state index is -0.592. The van der Waals surface area contributed by atoms with E-state index in [-0.39, 0.29) is 0 Å². The predicted molar refractivity (Wildman–Crippen MR) is 220 cm³/mol. The van der Waals surface area contributed by atoms with Gasteiger partial charge in [0.1, 0.15) is 4.83 Å². The summed E-state index contributed by atoms with van der Waals surface area (Å²) in [6, 6.07) is 67.2. The van der Waals surface area contributed by atoms with Gasteiger partial charge in [-0.05, 0) is 95.9 Å². The monoisotopic (exact) mass is 677 g/mol. The van der Waals surface area contributed by atoms with E-state index in [1.807, 2.05) is 17.5 Å². The molecule has 0 saturated heterocycles. The Balaban J connectivity index is 1.42. The third-order valence-corrected chi connectivity index (χ3v) is 12.3. The van der Waals surface area contributed by atoms with Crippen LogP contribution in [-0.4, -0.2) is 4.98 Å². The Labute approximate surface area is 306 Å². The molecule has 242 valence electrons. The highest BCUT2D eigenvalue weighted by molar-refractivity contribution is 7.26. The van der Waals surface area contributed by atoms with Crippen LogP contribution in [0.4, 0.5) is 0 Å². The van der Waals surface area contributed by atoms with Crippen molar-refractivity contribution in [2.24, 2.45) is 0 Å². The lowest BCUT2D eigenvalue weighted by Crippen LogP contribution is -2.29. The zero-order valence-corrected chi connectivity index (χ0v) is 29.1. The van der Waals surface area contributed by atoms with Gasteiger partial charge in [0.25, 0.3) is 0 Å². The largest absolute Gasteiger partial charge is 0.245 e. The summed E-state index contributed by atoms with van der Waals surface area (Å²) >= 11 is 1.83. The van der Waals surface area contributed by atoms with Gasteiger partial charge in [-0.2, -0.15) is 0 Å². The van der Waals surface area contributed by atoms with Crippen LogP contribution in [0.15, 0.2) is 188 Å². The third kappa shape index (κ3) is 4.01. The third-order valence-electron chi connectivity index (χ3n) is 11.2. The second-order valence-electron chi connectivity index (χ2n) is 13.8. The smallest absolute Gasteiger partial charge is 0.124 e. The first kappa shape index (κ1) is 29.4. The van der Waals surface area contributed by atoms with Crippen LogP contribution in [0.25, 0.3) is 75.2 Å². The van der Waals surface area contributed by atoms with Crippen LogP contribution in [0.2, 0.25) is 0 Å². The number of hydrogen-bond donors (Lipinski definition) is 0. The Kier molecular flexibility index (Phi) is 6.40. The van der Waals surface area contributed by atoms with Crippen molar-refractivity contribution in [2.75, 3.05) is 0 Å². The molecule has 0 N–H and O–H groups in total. The van der Waals surface area contributed by atoms with Crippen molar-refractivity contribution in [3.63, 3.8) is 0 Å². The fourth-order valence-electron chi connectivity index (χ4n) is 9.10. The Hall–Kier alpha value is -6.35. The van der Waals surface area contributed by atoms with E-state index in [0.29, 0.717) is 0 Å². The van der Waals surface area contributed by atoms with Crippen LogP contribution in [0, 0.1) is 0 Å². The Bertz CT molecular complexity index is 2940. The van der Waals surface area contributed by atoms with E-state index < -0.39 is 5.41 Å². The number of pyridine rings is 1. The molecule has 10 aromatic rings. The topological polar surface area (TPSA) is 12.9 Å². The fourth-order valence-corrected chi connectivity index (χ4v) is 10.3. The molecule has 0 radical (unpaired) electrons. The summed E-state index contributed by atoms with van der Waals surface area (Å²) in [6.07, 6.45) is 1.93. The molecule has 52 heavy (non-hydrogen) atoms. The molecule has 0 amide bonds. The summed E-state index contributed by atoms with van der Waals surface area (Å²) in [5.41, 5.74) is 12.2. The van der Waals surface area contributed by atoms with Gasteiger partial charge in [0.2, 0.25) is 0 Å². The maximum absolute atomic E-state index is 4.96. The van der Waals surface area contributed by atoms with Crippen LogP contribution >= 0.6 is 11.3 Å². The van der Waals surface area contributed by atoms with E-state index in [1.165, 1.54) is 92.7 Å². The summed E-state index contributed by atoms with van der Waals surface area (Å²) in [5, 5.41) is 7.61. The van der Waals surface area contributed by atoms with Gasteiger partial charge in [-0.25, -0.2) is 4.98 Å². The molecular formula is C50H31NS. The van der Waals surface area contributed by atoms with Crippen molar-refractivity contribution in [1.82, 2.24) is 4.98 Å². The molecule has 0 fully saturated rings. The van der Waals surface area contributed by atoms with Crippen molar-refractivity contribution >= 4 is 53.2 Å². The lowest BCUT2D eigenvalue weighted by molar-refractivity contribution is 0.777. The van der Waals surface area contributed by atoms with Crippen molar-refractivity contribution in [2.45, 2.75) is 5.41 Å². The molecule has 0 unspecified atom stereocenters. The van der Waals surface area contributed by atoms with Gasteiger partial charge in [-0.1, -0.05) is 158 Å². The SMILES string of the molecule is c1ccc(-c2ccc3c4c(c5ccccc5c3c2)-c2c(cc(-c3ccccc3)c3c2sc2ncccc23)C4(c2ccccc2)c2ccccc2)cc1. The quantitative estimate of drug-likeness (QED) is 0.169. The average molecular weight is 678 g/mol. The van der Waals surface area contributed by atoms with Crippen LogP contribution in [-0.2, 0) is 5.41 Å². The van der Waals surface area contributed by atoms with Crippen molar-refractivity contribution in [3.05, 3.63) is 210 Å². The van der Waals surface area contributed by atoms with E-state index in [0.717, 1.165) is 4.83 Å². The van der Waals surface area contributed by atoms with Gasteiger partial charge in [-0.15, -0.1) is 11.3 Å². The molecule has 11 rings (SSSR count). The first-order valence-corrected chi connectivity index (χ1v) is 18.7. The number of rotatable bonds is 4. The summed E-state index contributed by atoms with van der Waals surface area (Å²) in [5.74, 6) is 0. The van der Waals surface area contributed by atoms with Gasteiger partial charge in [0.15, 0.2) is 0 Å². The summed E-state index contributed by atoms with van der Waals surface area (Å²) < 4.78 is 1.30. The minimum Gasteiger partial charge on any atom is -0.245 e. The second-order valence-corrected chi connectivity index (χ2v) is 14.8. The summed E-state index contributed by atoms with van der Waals surface area (Å²) in [7, 11) is 0. The summed E-state index contributed by atoms with van der Waals surface area (Å²) in [6.45, 7) is 0. The molecule has 8 aromatic carbocycles. The highest BCUT2D eigenvalue weighted by atomic mass is 32.1. The van der Waals surface area contributed by atoms with Crippen LogP contribution < -0.4 is 0 Å². The van der Waals surface area contributed by atoms with E-state index in [9.17, 15) is 0 Å². The Morgan fingerprint density at radius 3 is 1.71 bits per heavy atom. The standard InChI is InChI=1S/C50H31NS/c1-5-16-32(17-6-1)34-27-28-39-42(30-34)37-24-13-14-25-38(37)45-46-43(50(47(39)45,35-20-9-3-10-21-35)36-22-11-4-12-23-36)31-41(33-18-7-2-8-19-33)44-40-26-15-29-51-49(40)52-48(44)46/h1-31H. The van der Waals surface area contributed by atoms with E-state index >= 15 is 0 Å². The highest BCUT2D eigenvalue weighted by Gasteiger charge is 2.49. The second kappa shape index (κ2) is 11.3. The molecule has 2 heterocycles. The maximum atomic E-state index is 4.96. The minimum absolute atomic E-state index is 0.592. The number of aromatic nitrogens is 1. The fraction of sp³-hybridized carbons (Fsp3) is 0.0200. The van der Waals surface area contributed by atoms with Gasteiger partial charge >= 0.3 is 0 Å². The van der Waals surface area contributed by atoms with Gasteiger partial charge in [0, 0.05) is 27.2 Å². The van der Waals surface area contributed by atoms with Crippen LogP contribution in [0.3, 0.4) is 0 Å². The number of hydrogen-bond acceptors (Lipinski definition) is 2. The molecule has 0 aliphatic heterocycles. The van der Waals surface area contributed by atoms with Gasteiger partial charge in [0.05, 0.1) is 5.41 Å².